The summed E-state index contributed by atoms with van der Waals surface area (Å²) in [6, 6.07) is 11.1. The summed E-state index contributed by atoms with van der Waals surface area (Å²) < 4.78 is 16.2. The maximum Gasteiger partial charge on any atom is 0.309 e. The van der Waals surface area contributed by atoms with Crippen molar-refractivity contribution in [3.05, 3.63) is 54.0 Å². The summed E-state index contributed by atoms with van der Waals surface area (Å²) >= 11 is 0. The number of morpholine rings is 1. The molecule has 0 spiro atoms. The lowest BCUT2D eigenvalue weighted by molar-refractivity contribution is -0.139. The summed E-state index contributed by atoms with van der Waals surface area (Å²) in [7, 11) is 1.61. The fourth-order valence-corrected chi connectivity index (χ4v) is 3.35. The third-order valence-electron chi connectivity index (χ3n) is 4.89. The zero-order chi connectivity index (χ0) is 20.5. The number of hydrogen-bond acceptors (Lipinski definition) is 6. The van der Waals surface area contributed by atoms with Gasteiger partial charge in [-0.05, 0) is 30.2 Å². The number of nitrogens with zero attached hydrogens (tertiary/aromatic N) is 1. The summed E-state index contributed by atoms with van der Waals surface area (Å²) in [4.78, 5) is 26.6. The van der Waals surface area contributed by atoms with Gasteiger partial charge < -0.3 is 24.5 Å². The van der Waals surface area contributed by atoms with Gasteiger partial charge in [0.05, 0.1) is 32.6 Å². The van der Waals surface area contributed by atoms with E-state index in [1.54, 1.807) is 13.4 Å². The predicted octanol–water partition coefficient (Wildman–Crippen LogP) is 1.14. The minimum atomic E-state index is -0.658. The highest BCUT2D eigenvalue weighted by Crippen LogP contribution is 2.21. The SMILES string of the molecule is COc1ccccc1CCNC(=O)C(=O)NC[C@H](c1ccco1)N1CCOCC1. The standard InChI is InChI=1S/C21H27N3O5/c1-27-18-6-3-2-5-16(18)8-9-22-20(25)21(26)23-15-17(19-7-4-12-29-19)24-10-13-28-14-11-24/h2-7,12,17H,8-11,13-15H2,1H3,(H,22,25)(H,23,26)/t17-/m1/s1. The van der Waals surface area contributed by atoms with Gasteiger partial charge in [-0.2, -0.15) is 0 Å². The van der Waals surface area contributed by atoms with Crippen LogP contribution >= 0.6 is 0 Å². The van der Waals surface area contributed by atoms with E-state index in [1.807, 2.05) is 36.4 Å². The smallest absolute Gasteiger partial charge is 0.309 e. The molecular weight excluding hydrogens is 374 g/mol. The number of carbonyl (C=O) groups excluding carboxylic acids is 2. The topological polar surface area (TPSA) is 93.0 Å². The Morgan fingerprint density at radius 2 is 1.86 bits per heavy atom. The van der Waals surface area contributed by atoms with Crippen molar-refractivity contribution in [1.29, 1.82) is 0 Å². The molecule has 3 rings (SSSR count). The van der Waals surface area contributed by atoms with Crippen LogP contribution in [0, 0.1) is 0 Å². The Morgan fingerprint density at radius 1 is 1.10 bits per heavy atom. The lowest BCUT2D eigenvalue weighted by Crippen LogP contribution is -2.46. The zero-order valence-electron chi connectivity index (χ0n) is 16.6. The third-order valence-corrected chi connectivity index (χ3v) is 4.89. The van der Waals surface area contributed by atoms with Crippen LogP contribution in [0.5, 0.6) is 5.75 Å². The molecule has 0 saturated carbocycles. The monoisotopic (exact) mass is 401 g/mol. The fraction of sp³-hybridized carbons (Fsp3) is 0.429. The number of nitrogens with one attached hydrogen (secondary N) is 2. The Balaban J connectivity index is 1.48. The second-order valence-electron chi connectivity index (χ2n) is 6.71. The molecule has 1 aliphatic rings. The molecule has 0 radical (unpaired) electrons. The summed E-state index contributed by atoms with van der Waals surface area (Å²) in [5.74, 6) is 0.205. The first-order valence-electron chi connectivity index (χ1n) is 9.72. The molecule has 1 saturated heterocycles. The molecule has 0 unspecified atom stereocenters. The van der Waals surface area contributed by atoms with Gasteiger partial charge in [0.15, 0.2) is 0 Å². The molecule has 0 bridgehead atoms. The second-order valence-corrected chi connectivity index (χ2v) is 6.71. The maximum atomic E-state index is 12.2. The average molecular weight is 401 g/mol. The number of para-hydroxylation sites is 1. The Kier molecular flexibility index (Phi) is 7.66. The van der Waals surface area contributed by atoms with E-state index in [2.05, 4.69) is 15.5 Å². The Labute approximate surface area is 170 Å². The third kappa shape index (κ3) is 5.82. The summed E-state index contributed by atoms with van der Waals surface area (Å²) in [6.07, 6.45) is 2.18. The molecule has 2 heterocycles. The van der Waals surface area contributed by atoms with Crippen LogP contribution in [0.25, 0.3) is 0 Å². The van der Waals surface area contributed by atoms with Crippen molar-refractivity contribution in [2.45, 2.75) is 12.5 Å². The van der Waals surface area contributed by atoms with E-state index in [9.17, 15) is 9.59 Å². The molecule has 2 aromatic rings. The number of benzene rings is 1. The first-order valence-corrected chi connectivity index (χ1v) is 9.72. The van der Waals surface area contributed by atoms with Gasteiger partial charge in [-0.25, -0.2) is 0 Å². The van der Waals surface area contributed by atoms with Gasteiger partial charge >= 0.3 is 11.8 Å². The minimum absolute atomic E-state index is 0.140. The van der Waals surface area contributed by atoms with Crippen molar-refractivity contribution in [2.24, 2.45) is 0 Å². The van der Waals surface area contributed by atoms with Gasteiger partial charge in [0.25, 0.3) is 0 Å². The maximum absolute atomic E-state index is 12.2. The largest absolute Gasteiger partial charge is 0.496 e. The molecule has 0 aliphatic carbocycles. The second kappa shape index (κ2) is 10.6. The molecule has 1 fully saturated rings. The van der Waals surface area contributed by atoms with E-state index in [-0.39, 0.29) is 12.6 Å². The number of methoxy groups -OCH3 is 1. The number of rotatable bonds is 8. The molecule has 8 heteroatoms. The minimum Gasteiger partial charge on any atom is -0.496 e. The molecule has 1 aromatic heterocycles. The van der Waals surface area contributed by atoms with Crippen LogP contribution in [-0.2, 0) is 20.7 Å². The van der Waals surface area contributed by atoms with Gasteiger partial charge in [0.1, 0.15) is 11.5 Å². The predicted molar refractivity (Wildman–Crippen MR) is 107 cm³/mol. The summed E-state index contributed by atoms with van der Waals surface area (Å²) in [6.45, 7) is 3.38. The van der Waals surface area contributed by atoms with Crippen LogP contribution in [0.2, 0.25) is 0 Å². The van der Waals surface area contributed by atoms with Crippen LogP contribution in [-0.4, -0.2) is 63.2 Å². The fourth-order valence-electron chi connectivity index (χ4n) is 3.35. The zero-order valence-corrected chi connectivity index (χ0v) is 16.6. The van der Waals surface area contributed by atoms with Crippen LogP contribution in [0.1, 0.15) is 17.4 Å². The highest BCUT2D eigenvalue weighted by atomic mass is 16.5. The van der Waals surface area contributed by atoms with E-state index in [0.717, 1.165) is 30.2 Å². The molecular formula is C21H27N3O5. The van der Waals surface area contributed by atoms with Gasteiger partial charge in [0.2, 0.25) is 0 Å². The molecule has 2 N–H and O–H groups in total. The van der Waals surface area contributed by atoms with Crippen molar-refractivity contribution in [1.82, 2.24) is 15.5 Å². The quantitative estimate of drug-likeness (QED) is 0.645. The van der Waals surface area contributed by atoms with Crippen molar-refractivity contribution in [3.63, 3.8) is 0 Å². The number of amides is 2. The molecule has 156 valence electrons. The van der Waals surface area contributed by atoms with Crippen LogP contribution < -0.4 is 15.4 Å². The first kappa shape index (κ1) is 20.9. The number of carbonyl (C=O) groups is 2. The van der Waals surface area contributed by atoms with Crippen molar-refractivity contribution in [2.75, 3.05) is 46.5 Å². The average Bonchev–Trinajstić information content (AvgIpc) is 3.29. The Hall–Kier alpha value is -2.84. The molecule has 29 heavy (non-hydrogen) atoms. The Bertz CT molecular complexity index is 787. The van der Waals surface area contributed by atoms with Crippen LogP contribution in [0.15, 0.2) is 47.1 Å². The van der Waals surface area contributed by atoms with E-state index in [1.165, 1.54) is 0 Å². The lowest BCUT2D eigenvalue weighted by Gasteiger charge is -2.33. The number of hydrogen-bond donors (Lipinski definition) is 2. The van der Waals surface area contributed by atoms with Gasteiger partial charge in [-0.15, -0.1) is 0 Å². The molecule has 1 aliphatic heterocycles. The molecule has 2 amide bonds. The first-order chi connectivity index (χ1) is 14.2. The van der Waals surface area contributed by atoms with E-state index in [4.69, 9.17) is 13.9 Å². The molecule has 1 aromatic carbocycles. The van der Waals surface area contributed by atoms with E-state index < -0.39 is 11.8 Å². The van der Waals surface area contributed by atoms with Crippen molar-refractivity contribution < 1.29 is 23.5 Å². The molecule has 8 nitrogen and oxygen atoms in total. The highest BCUT2D eigenvalue weighted by molar-refractivity contribution is 6.35. The number of ether oxygens (including phenoxy) is 2. The van der Waals surface area contributed by atoms with E-state index >= 15 is 0 Å². The summed E-state index contributed by atoms with van der Waals surface area (Å²) in [5.41, 5.74) is 0.973. The van der Waals surface area contributed by atoms with Crippen LogP contribution in [0.3, 0.4) is 0 Å². The van der Waals surface area contributed by atoms with Gasteiger partial charge in [-0.3, -0.25) is 14.5 Å². The number of furan rings is 1. The van der Waals surface area contributed by atoms with Crippen LogP contribution in [0.4, 0.5) is 0 Å². The Morgan fingerprint density at radius 3 is 2.59 bits per heavy atom. The highest BCUT2D eigenvalue weighted by Gasteiger charge is 2.26. The molecule has 1 atom stereocenters. The summed E-state index contributed by atoms with van der Waals surface area (Å²) in [5, 5.41) is 5.38. The normalized spacial score (nSPS) is 15.5. The van der Waals surface area contributed by atoms with E-state index in [0.29, 0.717) is 26.2 Å². The van der Waals surface area contributed by atoms with Gasteiger partial charge in [-0.1, -0.05) is 18.2 Å². The lowest BCUT2D eigenvalue weighted by atomic mass is 10.1. The van der Waals surface area contributed by atoms with Gasteiger partial charge in [0, 0.05) is 26.2 Å². The van der Waals surface area contributed by atoms with Crippen molar-refractivity contribution in [3.8, 4) is 5.75 Å². The van der Waals surface area contributed by atoms with Crippen molar-refractivity contribution >= 4 is 11.8 Å².